The van der Waals surface area contributed by atoms with Crippen LogP contribution in [-0.4, -0.2) is 45.2 Å². The summed E-state index contributed by atoms with van der Waals surface area (Å²) >= 11 is 6.06. The van der Waals surface area contributed by atoms with Gasteiger partial charge in [-0.2, -0.15) is 0 Å². The lowest BCUT2D eigenvalue weighted by atomic mass is 9.49. The van der Waals surface area contributed by atoms with Gasteiger partial charge in [-0.15, -0.1) is 0 Å². The van der Waals surface area contributed by atoms with Crippen molar-refractivity contribution in [1.29, 1.82) is 0 Å². The van der Waals surface area contributed by atoms with E-state index in [1.54, 1.807) is 0 Å². The number of esters is 1. The summed E-state index contributed by atoms with van der Waals surface area (Å²) < 4.78 is 15.4. The molecule has 180 valence electrons. The number of hydrogen-bond donors (Lipinski definition) is 2. The molecule has 4 saturated carbocycles. The largest absolute Gasteiger partial charge is 0.495 e. The SMILES string of the molecule is COc1cc(NC(=O)COC(=O)CNC(=O)CC23CC4CC(CC(C4)C2)C3)c(OC)cc1Cl. The lowest BCUT2D eigenvalue weighted by molar-refractivity contribution is -0.147. The van der Waals surface area contributed by atoms with Crippen molar-refractivity contribution in [2.75, 3.05) is 32.7 Å². The molecule has 5 rings (SSSR count). The fourth-order valence-corrected chi connectivity index (χ4v) is 6.65. The zero-order valence-electron chi connectivity index (χ0n) is 19.1. The minimum Gasteiger partial charge on any atom is -0.495 e. The van der Waals surface area contributed by atoms with Crippen molar-refractivity contribution in [2.24, 2.45) is 23.2 Å². The maximum atomic E-state index is 12.5. The summed E-state index contributed by atoms with van der Waals surface area (Å²) in [5.41, 5.74) is 0.449. The van der Waals surface area contributed by atoms with Gasteiger partial charge in [0, 0.05) is 18.6 Å². The van der Waals surface area contributed by atoms with Crippen LogP contribution in [0.4, 0.5) is 5.69 Å². The van der Waals surface area contributed by atoms with Crippen molar-refractivity contribution < 1.29 is 28.6 Å². The molecule has 4 aliphatic carbocycles. The molecule has 0 aliphatic heterocycles. The Balaban J connectivity index is 1.21. The van der Waals surface area contributed by atoms with Gasteiger partial charge in [0.2, 0.25) is 5.91 Å². The molecule has 0 heterocycles. The minimum absolute atomic E-state index is 0.112. The molecule has 0 aromatic heterocycles. The molecular weight excluding hydrogens is 448 g/mol. The number of nitrogens with one attached hydrogen (secondary N) is 2. The van der Waals surface area contributed by atoms with E-state index in [1.807, 2.05) is 0 Å². The maximum absolute atomic E-state index is 12.5. The van der Waals surface area contributed by atoms with Gasteiger partial charge in [-0.05, 0) is 61.7 Å². The van der Waals surface area contributed by atoms with Crippen LogP contribution in [0.1, 0.15) is 44.9 Å². The van der Waals surface area contributed by atoms with Gasteiger partial charge in [0.05, 0.1) is 24.9 Å². The van der Waals surface area contributed by atoms with E-state index in [9.17, 15) is 14.4 Å². The highest BCUT2D eigenvalue weighted by Crippen LogP contribution is 2.61. The second-order valence-electron chi connectivity index (χ2n) is 9.77. The fourth-order valence-electron chi connectivity index (χ4n) is 6.42. The predicted octanol–water partition coefficient (Wildman–Crippen LogP) is 3.56. The summed E-state index contributed by atoms with van der Waals surface area (Å²) in [7, 11) is 2.90. The van der Waals surface area contributed by atoms with E-state index < -0.39 is 18.5 Å². The zero-order chi connectivity index (χ0) is 23.6. The quantitative estimate of drug-likeness (QED) is 0.526. The summed E-state index contributed by atoms with van der Waals surface area (Å²) in [6.07, 6.45) is 7.85. The van der Waals surface area contributed by atoms with Crippen LogP contribution in [-0.2, 0) is 19.1 Å². The van der Waals surface area contributed by atoms with E-state index >= 15 is 0 Å². The predicted molar refractivity (Wildman–Crippen MR) is 122 cm³/mol. The number of carbonyl (C=O) groups is 3. The van der Waals surface area contributed by atoms with Crippen LogP contribution in [0.2, 0.25) is 5.02 Å². The summed E-state index contributed by atoms with van der Waals surface area (Å²) in [5, 5.41) is 5.61. The highest BCUT2D eigenvalue weighted by Gasteiger charge is 2.51. The van der Waals surface area contributed by atoms with Crippen molar-refractivity contribution in [3.63, 3.8) is 0 Å². The number of amides is 2. The van der Waals surface area contributed by atoms with Crippen LogP contribution in [0.5, 0.6) is 11.5 Å². The van der Waals surface area contributed by atoms with E-state index in [1.165, 1.54) is 45.6 Å². The Morgan fingerprint density at radius 1 is 0.970 bits per heavy atom. The molecule has 9 heteroatoms. The average Bonchev–Trinajstić information content (AvgIpc) is 2.75. The third-order valence-electron chi connectivity index (χ3n) is 7.24. The standard InChI is InChI=1S/C24H31ClN2O6/c1-31-19-7-18(20(32-2)6-17(19)25)27-22(29)13-33-23(30)12-26-21(28)11-24-8-14-3-15(9-24)5-16(4-14)10-24/h6-7,14-16H,3-5,8-13H2,1-2H3,(H,26,28)(H,27,29). The normalized spacial score (nSPS) is 27.1. The lowest BCUT2D eigenvalue weighted by Crippen LogP contribution is -2.48. The number of halogens is 1. The van der Waals surface area contributed by atoms with Crippen molar-refractivity contribution >= 4 is 35.1 Å². The Morgan fingerprint density at radius 3 is 2.15 bits per heavy atom. The zero-order valence-corrected chi connectivity index (χ0v) is 19.8. The highest BCUT2D eigenvalue weighted by molar-refractivity contribution is 6.32. The number of rotatable bonds is 9. The number of methoxy groups -OCH3 is 2. The molecule has 0 atom stereocenters. The van der Waals surface area contributed by atoms with E-state index in [0.717, 1.165) is 37.0 Å². The second-order valence-corrected chi connectivity index (χ2v) is 10.2. The Hall–Kier alpha value is -2.48. The summed E-state index contributed by atoms with van der Waals surface area (Å²) in [6, 6.07) is 3.03. The minimum atomic E-state index is -0.662. The molecule has 8 nitrogen and oxygen atoms in total. The molecular formula is C24H31ClN2O6. The molecule has 2 N–H and O–H groups in total. The van der Waals surface area contributed by atoms with Gasteiger partial charge in [-0.3, -0.25) is 14.4 Å². The first-order valence-corrected chi connectivity index (χ1v) is 11.8. The Kier molecular flexibility index (Phi) is 7.02. The molecule has 2 amide bonds. The van der Waals surface area contributed by atoms with Gasteiger partial charge < -0.3 is 24.8 Å². The monoisotopic (exact) mass is 478 g/mol. The number of ether oxygens (including phenoxy) is 3. The molecule has 1 aromatic rings. The summed E-state index contributed by atoms with van der Waals surface area (Å²) in [5.74, 6) is 1.70. The average molecular weight is 479 g/mol. The van der Waals surface area contributed by atoms with Crippen LogP contribution in [0, 0.1) is 23.2 Å². The van der Waals surface area contributed by atoms with Gasteiger partial charge in [0.15, 0.2) is 6.61 Å². The number of anilines is 1. The topological polar surface area (TPSA) is 103 Å². The van der Waals surface area contributed by atoms with Crippen molar-refractivity contribution in [1.82, 2.24) is 5.32 Å². The molecule has 33 heavy (non-hydrogen) atoms. The van der Waals surface area contributed by atoms with Crippen LogP contribution in [0.3, 0.4) is 0 Å². The summed E-state index contributed by atoms with van der Waals surface area (Å²) in [4.78, 5) is 36.8. The summed E-state index contributed by atoms with van der Waals surface area (Å²) in [6.45, 7) is -0.742. The van der Waals surface area contributed by atoms with Gasteiger partial charge in [0.25, 0.3) is 5.91 Å². The van der Waals surface area contributed by atoms with Crippen LogP contribution in [0.25, 0.3) is 0 Å². The molecule has 0 spiro atoms. The van der Waals surface area contributed by atoms with Crippen LogP contribution < -0.4 is 20.1 Å². The lowest BCUT2D eigenvalue weighted by Gasteiger charge is -2.56. The molecule has 0 radical (unpaired) electrons. The highest BCUT2D eigenvalue weighted by atomic mass is 35.5. The molecule has 0 unspecified atom stereocenters. The van der Waals surface area contributed by atoms with Crippen LogP contribution >= 0.6 is 11.6 Å². The van der Waals surface area contributed by atoms with Crippen molar-refractivity contribution in [2.45, 2.75) is 44.9 Å². The van der Waals surface area contributed by atoms with Gasteiger partial charge in [-0.25, -0.2) is 0 Å². The Bertz CT molecular complexity index is 898. The fraction of sp³-hybridized carbons (Fsp3) is 0.625. The molecule has 4 aliphatic rings. The number of benzene rings is 1. The smallest absolute Gasteiger partial charge is 0.325 e. The molecule has 4 fully saturated rings. The third-order valence-corrected chi connectivity index (χ3v) is 7.54. The van der Waals surface area contributed by atoms with E-state index in [4.69, 9.17) is 25.8 Å². The van der Waals surface area contributed by atoms with E-state index in [2.05, 4.69) is 10.6 Å². The first-order valence-electron chi connectivity index (χ1n) is 11.4. The van der Waals surface area contributed by atoms with Crippen LogP contribution in [0.15, 0.2) is 12.1 Å². The van der Waals surface area contributed by atoms with E-state index in [0.29, 0.717) is 28.6 Å². The first-order chi connectivity index (χ1) is 15.8. The van der Waals surface area contributed by atoms with Gasteiger partial charge in [0.1, 0.15) is 18.0 Å². The Labute approximate surface area is 198 Å². The number of carbonyl (C=O) groups excluding carboxylic acids is 3. The van der Waals surface area contributed by atoms with Crippen molar-refractivity contribution in [3.05, 3.63) is 17.2 Å². The van der Waals surface area contributed by atoms with E-state index in [-0.39, 0.29) is 17.9 Å². The molecule has 1 aromatic carbocycles. The van der Waals surface area contributed by atoms with Gasteiger partial charge >= 0.3 is 5.97 Å². The first kappa shape index (κ1) is 23.7. The van der Waals surface area contributed by atoms with Crippen molar-refractivity contribution in [3.8, 4) is 11.5 Å². The molecule has 0 saturated heterocycles. The Morgan fingerprint density at radius 2 is 1.58 bits per heavy atom. The van der Waals surface area contributed by atoms with Gasteiger partial charge in [-0.1, -0.05) is 11.6 Å². The maximum Gasteiger partial charge on any atom is 0.325 e. The second kappa shape index (κ2) is 9.79. The number of hydrogen-bond acceptors (Lipinski definition) is 6. The molecule has 4 bridgehead atoms. The third kappa shape index (κ3) is 5.54.